The van der Waals surface area contributed by atoms with Crippen LogP contribution < -0.4 is 16.3 Å². The lowest BCUT2D eigenvalue weighted by Crippen LogP contribution is -2.32. The highest BCUT2D eigenvalue weighted by Gasteiger charge is 2.03. The number of allylic oxidation sites excluding steroid dienone is 1. The van der Waals surface area contributed by atoms with E-state index in [2.05, 4.69) is 13.2 Å². The first-order valence-electron chi connectivity index (χ1n) is 4.83. The fraction of sp³-hybridized carbons (Fsp3) is 0.167. The van der Waals surface area contributed by atoms with E-state index in [4.69, 9.17) is 14.6 Å². The molecule has 0 aliphatic rings. The summed E-state index contributed by atoms with van der Waals surface area (Å²) in [5, 5.41) is 17.9. The third-order valence-corrected chi connectivity index (χ3v) is 2.09. The van der Waals surface area contributed by atoms with Gasteiger partial charge in [0.2, 0.25) is 0 Å². The van der Waals surface area contributed by atoms with Gasteiger partial charge >= 0.3 is 11.6 Å². The predicted octanol–water partition coefficient (Wildman–Crippen LogP) is -0.0805. The quantitative estimate of drug-likeness (QED) is 0.714. The standard InChI is InChI=1S/C12H12O5/c1-7(13)5-10-8(2)9(3-4-11(14)15)6-12(16)17-10/h5-6,13H,1-4H2,(H,14,15)/b10-5+. The van der Waals surface area contributed by atoms with E-state index in [-0.39, 0.29) is 24.0 Å². The van der Waals surface area contributed by atoms with Crippen LogP contribution in [0.4, 0.5) is 0 Å². The van der Waals surface area contributed by atoms with Gasteiger partial charge in [-0.15, -0.1) is 0 Å². The SMILES string of the molecule is C=C(O)/C=c1/oc(=O)cc(CCC(=O)O)c1=C. The highest BCUT2D eigenvalue weighted by Crippen LogP contribution is 1.93. The number of carbonyl (C=O) groups is 1. The summed E-state index contributed by atoms with van der Waals surface area (Å²) in [5.41, 5.74) is -0.0492. The van der Waals surface area contributed by atoms with Gasteiger partial charge in [-0.2, -0.15) is 0 Å². The summed E-state index contributed by atoms with van der Waals surface area (Å²) in [5.74, 6) is -1.23. The number of aliphatic carboxylic acids is 1. The van der Waals surface area contributed by atoms with E-state index in [1.54, 1.807) is 0 Å². The fourth-order valence-electron chi connectivity index (χ4n) is 1.32. The average molecular weight is 236 g/mol. The number of aliphatic hydroxyl groups is 1. The average Bonchev–Trinajstić information content (AvgIpc) is 2.19. The van der Waals surface area contributed by atoms with Crippen LogP contribution in [-0.4, -0.2) is 16.2 Å². The molecule has 17 heavy (non-hydrogen) atoms. The lowest BCUT2D eigenvalue weighted by molar-refractivity contribution is -0.136. The van der Waals surface area contributed by atoms with Gasteiger partial charge in [-0.1, -0.05) is 13.2 Å². The Balaban J connectivity index is 3.29. The zero-order valence-corrected chi connectivity index (χ0v) is 9.10. The Labute approximate surface area is 96.6 Å². The van der Waals surface area contributed by atoms with E-state index < -0.39 is 11.6 Å². The third kappa shape index (κ3) is 3.64. The van der Waals surface area contributed by atoms with Gasteiger partial charge in [0.25, 0.3) is 0 Å². The van der Waals surface area contributed by atoms with Crippen molar-refractivity contribution in [2.45, 2.75) is 12.8 Å². The van der Waals surface area contributed by atoms with Crippen LogP contribution in [0, 0.1) is 0 Å². The molecule has 0 unspecified atom stereocenters. The van der Waals surface area contributed by atoms with Crippen LogP contribution in [0.15, 0.2) is 27.6 Å². The number of aliphatic hydroxyl groups excluding tert-OH is 1. The number of carboxylic acid groups (broad SMARTS) is 1. The normalized spacial score (nSPS) is 11.4. The van der Waals surface area contributed by atoms with Gasteiger partial charge in [0.1, 0.15) is 11.2 Å². The van der Waals surface area contributed by atoms with E-state index in [0.29, 0.717) is 10.8 Å². The van der Waals surface area contributed by atoms with Gasteiger partial charge in [-0.25, -0.2) is 4.79 Å². The van der Waals surface area contributed by atoms with Crippen molar-refractivity contribution >= 4 is 18.6 Å². The monoisotopic (exact) mass is 236 g/mol. The van der Waals surface area contributed by atoms with E-state index in [1.807, 2.05) is 0 Å². The van der Waals surface area contributed by atoms with Gasteiger partial charge in [-0.05, 0) is 12.0 Å². The highest BCUT2D eigenvalue weighted by molar-refractivity contribution is 5.67. The minimum atomic E-state index is -0.963. The molecule has 2 N–H and O–H groups in total. The topological polar surface area (TPSA) is 87.7 Å². The molecule has 0 atom stereocenters. The molecule has 0 saturated carbocycles. The maximum absolute atomic E-state index is 11.2. The number of carboxylic acids is 1. The van der Waals surface area contributed by atoms with Crippen molar-refractivity contribution in [2.24, 2.45) is 0 Å². The Bertz CT molecular complexity index is 609. The van der Waals surface area contributed by atoms with Crippen molar-refractivity contribution in [3.8, 4) is 0 Å². The fourth-order valence-corrected chi connectivity index (χ4v) is 1.32. The molecular formula is C12H12O5. The van der Waals surface area contributed by atoms with Crippen LogP contribution in [0.2, 0.25) is 0 Å². The van der Waals surface area contributed by atoms with E-state index >= 15 is 0 Å². The van der Waals surface area contributed by atoms with Crippen LogP contribution in [0.5, 0.6) is 0 Å². The number of hydrogen-bond acceptors (Lipinski definition) is 4. The molecule has 0 bridgehead atoms. The second-order valence-electron chi connectivity index (χ2n) is 3.46. The second-order valence-corrected chi connectivity index (χ2v) is 3.46. The number of rotatable bonds is 4. The van der Waals surface area contributed by atoms with E-state index in [9.17, 15) is 9.59 Å². The van der Waals surface area contributed by atoms with Crippen LogP contribution in [0.1, 0.15) is 12.0 Å². The molecule has 5 heteroatoms. The Morgan fingerprint density at radius 2 is 2.12 bits per heavy atom. The largest absolute Gasteiger partial charge is 0.508 e. The van der Waals surface area contributed by atoms with Crippen LogP contribution in [0.3, 0.4) is 0 Å². The van der Waals surface area contributed by atoms with Gasteiger partial charge < -0.3 is 14.6 Å². The van der Waals surface area contributed by atoms with Crippen LogP contribution in [0.25, 0.3) is 12.7 Å². The molecule has 0 saturated heterocycles. The summed E-state index contributed by atoms with van der Waals surface area (Å²) in [4.78, 5) is 21.7. The van der Waals surface area contributed by atoms with Crippen molar-refractivity contribution < 1.29 is 19.4 Å². The summed E-state index contributed by atoms with van der Waals surface area (Å²) in [6.45, 7) is 6.92. The van der Waals surface area contributed by atoms with Gasteiger partial charge in [0.15, 0.2) is 0 Å². The zero-order chi connectivity index (χ0) is 13.0. The molecule has 0 spiro atoms. The van der Waals surface area contributed by atoms with Crippen molar-refractivity contribution in [2.75, 3.05) is 0 Å². The smallest absolute Gasteiger partial charge is 0.336 e. The molecule has 0 aromatic carbocycles. The summed E-state index contributed by atoms with van der Waals surface area (Å²) >= 11 is 0. The van der Waals surface area contributed by atoms with Crippen molar-refractivity contribution in [3.63, 3.8) is 0 Å². The maximum atomic E-state index is 11.2. The first kappa shape index (κ1) is 12.8. The summed E-state index contributed by atoms with van der Waals surface area (Å²) in [6, 6.07) is 1.20. The summed E-state index contributed by atoms with van der Waals surface area (Å²) in [7, 11) is 0. The van der Waals surface area contributed by atoms with Gasteiger partial charge in [0.05, 0.1) is 0 Å². The molecule has 1 rings (SSSR count). The minimum Gasteiger partial charge on any atom is -0.508 e. The highest BCUT2D eigenvalue weighted by atomic mass is 16.4. The second kappa shape index (κ2) is 5.16. The number of hydrogen-bond donors (Lipinski definition) is 2. The molecule has 0 aliphatic carbocycles. The first-order chi connectivity index (χ1) is 7.90. The zero-order valence-electron chi connectivity index (χ0n) is 9.10. The molecule has 1 heterocycles. The van der Waals surface area contributed by atoms with Crippen molar-refractivity contribution in [3.05, 3.63) is 45.0 Å². The van der Waals surface area contributed by atoms with Crippen LogP contribution >= 0.6 is 0 Å². The lowest BCUT2D eigenvalue weighted by atomic mass is 10.1. The summed E-state index contributed by atoms with van der Waals surface area (Å²) in [6.07, 6.45) is 1.23. The number of aryl methyl sites for hydroxylation is 1. The van der Waals surface area contributed by atoms with Crippen molar-refractivity contribution in [1.29, 1.82) is 0 Å². The minimum absolute atomic E-state index is 0.0883. The van der Waals surface area contributed by atoms with E-state index in [1.165, 1.54) is 6.07 Å². The predicted molar refractivity (Wildman–Crippen MR) is 61.9 cm³/mol. The molecule has 0 fully saturated rings. The Kier molecular flexibility index (Phi) is 3.87. The lowest BCUT2D eigenvalue weighted by Gasteiger charge is -1.99. The Morgan fingerprint density at radius 3 is 2.65 bits per heavy atom. The molecule has 5 nitrogen and oxygen atoms in total. The van der Waals surface area contributed by atoms with Gasteiger partial charge in [-0.3, -0.25) is 4.79 Å². The Hall–Kier alpha value is -2.30. The van der Waals surface area contributed by atoms with Gasteiger partial charge in [0, 0.05) is 23.8 Å². The van der Waals surface area contributed by atoms with Crippen molar-refractivity contribution in [1.82, 2.24) is 0 Å². The summed E-state index contributed by atoms with van der Waals surface area (Å²) < 4.78 is 4.82. The third-order valence-electron chi connectivity index (χ3n) is 2.09. The molecule has 0 aliphatic heterocycles. The maximum Gasteiger partial charge on any atom is 0.336 e. The first-order valence-corrected chi connectivity index (χ1v) is 4.83. The molecule has 0 radical (unpaired) electrons. The molecular weight excluding hydrogens is 224 g/mol. The van der Waals surface area contributed by atoms with Crippen LogP contribution in [-0.2, 0) is 11.2 Å². The molecule has 90 valence electrons. The molecule has 0 amide bonds. The molecule has 1 aromatic heterocycles. The molecule has 1 aromatic rings. The Morgan fingerprint density at radius 1 is 1.47 bits per heavy atom. The van der Waals surface area contributed by atoms with E-state index in [0.717, 1.165) is 6.08 Å².